The van der Waals surface area contributed by atoms with Crippen molar-refractivity contribution in [3.05, 3.63) is 35.9 Å². The van der Waals surface area contributed by atoms with E-state index in [1.54, 1.807) is 0 Å². The molecule has 80 valence electrons. The summed E-state index contributed by atoms with van der Waals surface area (Å²) in [6.07, 6.45) is 1.67. The third-order valence-electron chi connectivity index (χ3n) is 2.97. The van der Waals surface area contributed by atoms with Crippen molar-refractivity contribution in [2.24, 2.45) is 5.92 Å². The van der Waals surface area contributed by atoms with Crippen LogP contribution in [-0.4, -0.2) is 17.6 Å². The highest BCUT2D eigenvalue weighted by Gasteiger charge is 2.25. The first-order valence-corrected chi connectivity index (χ1v) is 5.28. The number of hydrogen-bond acceptors (Lipinski definition) is 2. The summed E-state index contributed by atoms with van der Waals surface area (Å²) in [5.41, 5.74) is 1.25. The van der Waals surface area contributed by atoms with E-state index in [2.05, 4.69) is 17.4 Å². The fourth-order valence-electron chi connectivity index (χ4n) is 2.04. The summed E-state index contributed by atoms with van der Waals surface area (Å²) in [7, 11) is 0. The van der Waals surface area contributed by atoms with Gasteiger partial charge in [-0.3, -0.25) is 4.79 Å². The van der Waals surface area contributed by atoms with Crippen LogP contribution in [0.15, 0.2) is 30.3 Å². The van der Waals surface area contributed by atoms with E-state index in [4.69, 9.17) is 5.11 Å². The summed E-state index contributed by atoms with van der Waals surface area (Å²) < 4.78 is 0. The topological polar surface area (TPSA) is 49.3 Å². The van der Waals surface area contributed by atoms with E-state index in [1.807, 2.05) is 18.2 Å². The van der Waals surface area contributed by atoms with Crippen molar-refractivity contribution in [1.82, 2.24) is 5.32 Å². The third-order valence-corrected chi connectivity index (χ3v) is 2.97. The second-order valence-corrected chi connectivity index (χ2v) is 3.98. The molecular weight excluding hydrogens is 190 g/mol. The highest BCUT2D eigenvalue weighted by atomic mass is 16.4. The van der Waals surface area contributed by atoms with Crippen LogP contribution in [0, 0.1) is 5.92 Å². The fourth-order valence-corrected chi connectivity index (χ4v) is 2.04. The van der Waals surface area contributed by atoms with Gasteiger partial charge in [-0.25, -0.2) is 0 Å². The number of carboxylic acid groups (broad SMARTS) is 1. The summed E-state index contributed by atoms with van der Waals surface area (Å²) in [6.45, 7) is 0.578. The van der Waals surface area contributed by atoms with Crippen molar-refractivity contribution in [2.45, 2.75) is 18.9 Å². The lowest BCUT2D eigenvalue weighted by atomic mass is 9.91. The van der Waals surface area contributed by atoms with Crippen molar-refractivity contribution >= 4 is 5.97 Å². The molecule has 15 heavy (non-hydrogen) atoms. The zero-order valence-electron chi connectivity index (χ0n) is 8.52. The number of carboxylic acids is 1. The first kappa shape index (κ1) is 10.2. The van der Waals surface area contributed by atoms with Gasteiger partial charge in [0.25, 0.3) is 0 Å². The summed E-state index contributed by atoms with van der Waals surface area (Å²) >= 11 is 0. The number of benzene rings is 1. The largest absolute Gasteiger partial charge is 0.481 e. The molecule has 1 fully saturated rings. The molecule has 1 heterocycles. The predicted molar refractivity (Wildman–Crippen MR) is 57.5 cm³/mol. The van der Waals surface area contributed by atoms with Gasteiger partial charge >= 0.3 is 5.97 Å². The van der Waals surface area contributed by atoms with E-state index in [9.17, 15) is 4.79 Å². The molecular formula is C12H15NO2. The van der Waals surface area contributed by atoms with Gasteiger partial charge in [0.2, 0.25) is 0 Å². The molecule has 1 aromatic carbocycles. The monoisotopic (exact) mass is 205 g/mol. The van der Waals surface area contributed by atoms with Crippen LogP contribution in [0.3, 0.4) is 0 Å². The molecule has 0 spiro atoms. The lowest BCUT2D eigenvalue weighted by Crippen LogP contribution is -2.36. The Bertz CT molecular complexity index is 329. The van der Waals surface area contributed by atoms with E-state index in [1.165, 1.54) is 5.56 Å². The van der Waals surface area contributed by atoms with E-state index < -0.39 is 5.97 Å². The van der Waals surface area contributed by atoms with Gasteiger partial charge in [0.05, 0.1) is 5.92 Å². The van der Waals surface area contributed by atoms with Crippen molar-refractivity contribution < 1.29 is 9.90 Å². The van der Waals surface area contributed by atoms with Gasteiger partial charge in [0.15, 0.2) is 0 Å². The maximum atomic E-state index is 10.8. The van der Waals surface area contributed by atoms with Gasteiger partial charge in [0.1, 0.15) is 0 Å². The van der Waals surface area contributed by atoms with Crippen LogP contribution in [0.4, 0.5) is 0 Å². The maximum absolute atomic E-state index is 10.8. The average molecular weight is 205 g/mol. The van der Waals surface area contributed by atoms with Gasteiger partial charge in [-0.05, 0) is 18.4 Å². The number of carbonyl (C=O) groups is 1. The van der Waals surface area contributed by atoms with E-state index >= 15 is 0 Å². The number of nitrogens with one attached hydrogen (secondary N) is 1. The van der Waals surface area contributed by atoms with Gasteiger partial charge in [-0.2, -0.15) is 0 Å². The smallest absolute Gasteiger partial charge is 0.307 e. The lowest BCUT2D eigenvalue weighted by Gasteiger charge is -2.27. The normalized spacial score (nSPS) is 26.1. The minimum Gasteiger partial charge on any atom is -0.481 e. The Morgan fingerprint density at radius 3 is 2.53 bits per heavy atom. The standard InChI is InChI=1S/C12H15NO2/c14-12(15)10-6-7-11(13-8-10)9-4-2-1-3-5-9/h1-5,10-11,13H,6-8H2,(H,14,15)/t10-,11+/m1/s1. The van der Waals surface area contributed by atoms with E-state index in [-0.39, 0.29) is 5.92 Å². The minimum absolute atomic E-state index is 0.218. The van der Waals surface area contributed by atoms with Crippen LogP contribution >= 0.6 is 0 Å². The molecule has 2 atom stereocenters. The summed E-state index contributed by atoms with van der Waals surface area (Å²) in [4.78, 5) is 10.8. The highest BCUT2D eigenvalue weighted by Crippen LogP contribution is 2.25. The average Bonchev–Trinajstić information content (AvgIpc) is 2.30. The molecule has 1 aliphatic rings. The minimum atomic E-state index is -0.686. The Balaban J connectivity index is 1.97. The van der Waals surface area contributed by atoms with Crippen LogP contribution in [0.2, 0.25) is 0 Å². The van der Waals surface area contributed by atoms with Gasteiger partial charge in [-0.15, -0.1) is 0 Å². The van der Waals surface area contributed by atoms with E-state index in [0.29, 0.717) is 12.6 Å². The molecule has 1 aromatic rings. The molecule has 1 saturated heterocycles. The number of rotatable bonds is 2. The fraction of sp³-hybridized carbons (Fsp3) is 0.417. The van der Waals surface area contributed by atoms with Crippen LogP contribution in [0.25, 0.3) is 0 Å². The van der Waals surface area contributed by atoms with Gasteiger partial charge < -0.3 is 10.4 Å². The first-order chi connectivity index (χ1) is 7.27. The Hall–Kier alpha value is -1.35. The maximum Gasteiger partial charge on any atom is 0.307 e. The zero-order chi connectivity index (χ0) is 10.7. The van der Waals surface area contributed by atoms with Crippen LogP contribution in [0.1, 0.15) is 24.4 Å². The summed E-state index contributed by atoms with van der Waals surface area (Å²) in [6, 6.07) is 10.5. The van der Waals surface area contributed by atoms with Crippen molar-refractivity contribution in [2.75, 3.05) is 6.54 Å². The molecule has 0 saturated carbocycles. The molecule has 0 aliphatic carbocycles. The molecule has 0 unspecified atom stereocenters. The van der Waals surface area contributed by atoms with E-state index in [0.717, 1.165) is 12.8 Å². The van der Waals surface area contributed by atoms with Gasteiger partial charge in [-0.1, -0.05) is 30.3 Å². The molecule has 0 aromatic heterocycles. The zero-order valence-corrected chi connectivity index (χ0v) is 8.52. The predicted octanol–water partition coefficient (Wildman–Crippen LogP) is 1.81. The molecule has 2 rings (SSSR count). The second-order valence-electron chi connectivity index (χ2n) is 3.98. The molecule has 2 N–H and O–H groups in total. The molecule has 3 heteroatoms. The van der Waals surface area contributed by atoms with Crippen molar-refractivity contribution in [1.29, 1.82) is 0 Å². The van der Waals surface area contributed by atoms with Gasteiger partial charge in [0, 0.05) is 12.6 Å². The summed E-state index contributed by atoms with van der Waals surface area (Å²) in [5.74, 6) is -0.904. The molecule has 1 aliphatic heterocycles. The first-order valence-electron chi connectivity index (χ1n) is 5.28. The molecule has 0 amide bonds. The lowest BCUT2D eigenvalue weighted by molar-refractivity contribution is -0.142. The number of aliphatic carboxylic acids is 1. The summed E-state index contributed by atoms with van der Waals surface area (Å²) in [5, 5.41) is 12.1. The Morgan fingerprint density at radius 2 is 2.00 bits per heavy atom. The number of hydrogen-bond donors (Lipinski definition) is 2. The SMILES string of the molecule is O=C(O)[C@@H]1CC[C@@H](c2ccccc2)NC1. The third kappa shape index (κ3) is 2.36. The number of piperidine rings is 1. The van der Waals surface area contributed by atoms with Crippen LogP contribution < -0.4 is 5.32 Å². The molecule has 3 nitrogen and oxygen atoms in total. The Morgan fingerprint density at radius 1 is 1.27 bits per heavy atom. The Labute approximate surface area is 89.1 Å². The second kappa shape index (κ2) is 4.45. The molecule has 0 radical (unpaired) electrons. The quantitative estimate of drug-likeness (QED) is 0.774. The van der Waals surface area contributed by atoms with Crippen molar-refractivity contribution in [3.8, 4) is 0 Å². The Kier molecular flexibility index (Phi) is 3.02. The van der Waals surface area contributed by atoms with Crippen LogP contribution in [-0.2, 0) is 4.79 Å². The van der Waals surface area contributed by atoms with Crippen molar-refractivity contribution in [3.63, 3.8) is 0 Å². The molecule has 0 bridgehead atoms. The van der Waals surface area contributed by atoms with Crippen LogP contribution in [0.5, 0.6) is 0 Å². The highest BCUT2D eigenvalue weighted by molar-refractivity contribution is 5.70.